The first-order valence-electron chi connectivity index (χ1n) is 8.32. The third kappa shape index (κ3) is 3.25. The minimum Gasteiger partial charge on any atom is -0.481 e. The van der Waals surface area contributed by atoms with Crippen LogP contribution in [-0.4, -0.2) is 44.4 Å². The Morgan fingerprint density at radius 2 is 1.92 bits per heavy atom. The number of aryl methyl sites for hydroxylation is 1. The van der Waals surface area contributed by atoms with Crippen LogP contribution in [0, 0.1) is 5.92 Å². The molecule has 0 aliphatic carbocycles. The third-order valence-electron chi connectivity index (χ3n) is 4.69. The first-order valence-corrected chi connectivity index (χ1v) is 8.32. The van der Waals surface area contributed by atoms with Crippen molar-refractivity contribution in [2.45, 2.75) is 32.4 Å². The van der Waals surface area contributed by atoms with Crippen molar-refractivity contribution in [3.05, 3.63) is 35.3 Å². The van der Waals surface area contributed by atoms with Crippen LogP contribution in [0.2, 0.25) is 0 Å². The molecular weight excluding hydrogens is 351 g/mol. The van der Waals surface area contributed by atoms with Crippen molar-refractivity contribution in [3.63, 3.8) is 0 Å². The molecule has 1 saturated heterocycles. The van der Waals surface area contributed by atoms with Crippen LogP contribution in [0.4, 0.5) is 13.2 Å². The molecule has 0 radical (unpaired) electrons. The number of carbonyl (C=O) groups is 2. The molecule has 26 heavy (non-hydrogen) atoms. The molecule has 1 aliphatic rings. The second-order valence-electron chi connectivity index (χ2n) is 6.31. The average molecular weight is 369 g/mol. The highest BCUT2D eigenvalue weighted by Gasteiger charge is 2.33. The summed E-state index contributed by atoms with van der Waals surface area (Å²) in [6, 6.07) is 2.18. The zero-order valence-electron chi connectivity index (χ0n) is 14.1. The molecule has 140 valence electrons. The van der Waals surface area contributed by atoms with Crippen molar-refractivity contribution >= 4 is 17.5 Å². The van der Waals surface area contributed by atoms with E-state index >= 15 is 0 Å². The van der Waals surface area contributed by atoms with Crippen LogP contribution in [0.3, 0.4) is 0 Å². The van der Waals surface area contributed by atoms with Gasteiger partial charge in [0.15, 0.2) is 0 Å². The number of amides is 1. The van der Waals surface area contributed by atoms with E-state index in [0.29, 0.717) is 25.0 Å². The summed E-state index contributed by atoms with van der Waals surface area (Å²) in [6.45, 7) is 2.29. The molecule has 0 aromatic carbocycles. The molecule has 0 unspecified atom stereocenters. The number of rotatable bonds is 3. The highest BCUT2D eigenvalue weighted by atomic mass is 19.4. The molecule has 9 heteroatoms. The van der Waals surface area contributed by atoms with Gasteiger partial charge in [-0.05, 0) is 31.4 Å². The predicted octanol–water partition coefficient (Wildman–Crippen LogP) is 2.85. The van der Waals surface area contributed by atoms with Gasteiger partial charge in [0.2, 0.25) is 0 Å². The van der Waals surface area contributed by atoms with Gasteiger partial charge in [0.05, 0.1) is 17.2 Å². The Bertz CT molecular complexity index is 852. The monoisotopic (exact) mass is 369 g/mol. The third-order valence-corrected chi connectivity index (χ3v) is 4.69. The Labute approximate surface area is 147 Å². The number of halogens is 3. The quantitative estimate of drug-likeness (QED) is 0.903. The lowest BCUT2D eigenvalue weighted by Crippen LogP contribution is -2.41. The van der Waals surface area contributed by atoms with E-state index in [0.717, 1.165) is 12.3 Å². The minimum absolute atomic E-state index is 0.113. The molecule has 0 saturated carbocycles. The van der Waals surface area contributed by atoms with Gasteiger partial charge in [-0.3, -0.25) is 14.0 Å². The molecule has 3 heterocycles. The fourth-order valence-corrected chi connectivity index (χ4v) is 3.21. The van der Waals surface area contributed by atoms with Gasteiger partial charge in [-0.15, -0.1) is 0 Å². The normalized spacial score (nSPS) is 16.2. The van der Waals surface area contributed by atoms with Crippen LogP contribution in [0.1, 0.15) is 41.5 Å². The SMILES string of the molecule is CCc1nc2ccc(C(F)(F)F)cn2c1C(=O)N1CCC(C(=O)O)CC1. The summed E-state index contributed by atoms with van der Waals surface area (Å²) in [5.74, 6) is -1.81. The molecule has 6 nitrogen and oxygen atoms in total. The van der Waals surface area contributed by atoms with Crippen LogP contribution in [0.25, 0.3) is 5.65 Å². The number of carbonyl (C=O) groups excluding carboxylic acids is 1. The smallest absolute Gasteiger partial charge is 0.417 e. The summed E-state index contributed by atoms with van der Waals surface area (Å²) in [6.07, 6.45) is -2.58. The van der Waals surface area contributed by atoms with Crippen LogP contribution >= 0.6 is 0 Å². The van der Waals surface area contributed by atoms with Crippen LogP contribution in [0.5, 0.6) is 0 Å². The highest BCUT2D eigenvalue weighted by Crippen LogP contribution is 2.30. The van der Waals surface area contributed by atoms with E-state index < -0.39 is 29.5 Å². The number of fused-ring (bicyclic) bond motifs is 1. The number of alkyl halides is 3. The van der Waals surface area contributed by atoms with Gasteiger partial charge in [-0.1, -0.05) is 6.92 Å². The average Bonchev–Trinajstić information content (AvgIpc) is 2.98. The van der Waals surface area contributed by atoms with Gasteiger partial charge in [0.25, 0.3) is 5.91 Å². The molecular formula is C17H18F3N3O3. The first kappa shape index (κ1) is 18.2. The molecule has 1 N–H and O–H groups in total. The van der Waals surface area contributed by atoms with Gasteiger partial charge in [0.1, 0.15) is 11.3 Å². The summed E-state index contributed by atoms with van der Waals surface area (Å²) in [7, 11) is 0. The molecule has 0 atom stereocenters. The van der Waals surface area contributed by atoms with Gasteiger partial charge >= 0.3 is 12.1 Å². The summed E-state index contributed by atoms with van der Waals surface area (Å²) >= 11 is 0. The number of imidazole rings is 1. The number of pyridine rings is 1. The van der Waals surface area contributed by atoms with E-state index in [1.165, 1.54) is 15.4 Å². The predicted molar refractivity (Wildman–Crippen MR) is 85.8 cm³/mol. The lowest BCUT2D eigenvalue weighted by molar-refractivity contribution is -0.143. The maximum absolute atomic E-state index is 13.0. The largest absolute Gasteiger partial charge is 0.481 e. The number of aliphatic carboxylic acids is 1. The fourth-order valence-electron chi connectivity index (χ4n) is 3.21. The van der Waals surface area contributed by atoms with E-state index in [1.54, 1.807) is 6.92 Å². The van der Waals surface area contributed by atoms with Gasteiger partial charge in [0, 0.05) is 19.3 Å². The van der Waals surface area contributed by atoms with E-state index in [2.05, 4.69) is 4.98 Å². The van der Waals surface area contributed by atoms with Crippen molar-refractivity contribution in [2.75, 3.05) is 13.1 Å². The van der Waals surface area contributed by atoms with E-state index in [1.807, 2.05) is 0 Å². The topological polar surface area (TPSA) is 74.9 Å². The molecule has 1 amide bonds. The number of hydrogen-bond donors (Lipinski definition) is 1. The number of hydrogen-bond acceptors (Lipinski definition) is 3. The molecule has 0 spiro atoms. The minimum atomic E-state index is -4.52. The number of carboxylic acid groups (broad SMARTS) is 1. The number of nitrogens with zero attached hydrogens (tertiary/aromatic N) is 3. The Morgan fingerprint density at radius 3 is 2.46 bits per heavy atom. The van der Waals surface area contributed by atoms with Gasteiger partial charge in [-0.25, -0.2) is 4.98 Å². The van der Waals surface area contributed by atoms with Crippen molar-refractivity contribution in [2.24, 2.45) is 5.92 Å². The summed E-state index contributed by atoms with van der Waals surface area (Å²) in [5, 5.41) is 9.05. The van der Waals surface area contributed by atoms with Crippen molar-refractivity contribution in [3.8, 4) is 0 Å². The van der Waals surface area contributed by atoms with E-state index in [9.17, 15) is 22.8 Å². The standard InChI is InChI=1S/C17H18F3N3O3/c1-2-12-14(15(24)22-7-5-10(6-8-22)16(25)26)23-9-11(17(18,19)20)3-4-13(23)21-12/h3-4,9-10H,2,5-8H2,1H3,(H,25,26). The number of carboxylic acids is 1. The highest BCUT2D eigenvalue weighted by molar-refractivity contribution is 5.95. The lowest BCUT2D eigenvalue weighted by atomic mass is 9.97. The summed E-state index contributed by atoms with van der Waals surface area (Å²) < 4.78 is 40.3. The van der Waals surface area contributed by atoms with Crippen molar-refractivity contribution in [1.29, 1.82) is 0 Å². The molecule has 1 fully saturated rings. The molecule has 1 aliphatic heterocycles. The Kier molecular flexibility index (Phi) is 4.64. The van der Waals surface area contributed by atoms with Crippen LogP contribution < -0.4 is 0 Å². The fraction of sp³-hybridized carbons (Fsp3) is 0.471. The van der Waals surface area contributed by atoms with E-state index in [4.69, 9.17) is 5.11 Å². The molecule has 2 aromatic heterocycles. The van der Waals surface area contributed by atoms with Gasteiger partial charge < -0.3 is 10.0 Å². The molecule has 3 rings (SSSR count). The van der Waals surface area contributed by atoms with E-state index in [-0.39, 0.29) is 24.4 Å². The van der Waals surface area contributed by atoms with Gasteiger partial charge in [-0.2, -0.15) is 13.2 Å². The first-order chi connectivity index (χ1) is 12.2. The van der Waals surface area contributed by atoms with Crippen LogP contribution in [-0.2, 0) is 17.4 Å². The summed E-state index contributed by atoms with van der Waals surface area (Å²) in [5.41, 5.74) is -0.0423. The maximum Gasteiger partial charge on any atom is 0.417 e. The number of aromatic nitrogens is 2. The zero-order chi connectivity index (χ0) is 19.1. The summed E-state index contributed by atoms with van der Waals surface area (Å²) in [4.78, 5) is 29.7. The molecule has 2 aromatic rings. The number of likely N-dealkylation sites (tertiary alicyclic amines) is 1. The van der Waals surface area contributed by atoms with Crippen molar-refractivity contribution < 1.29 is 27.9 Å². The second-order valence-corrected chi connectivity index (χ2v) is 6.31. The maximum atomic E-state index is 13.0. The second kappa shape index (κ2) is 6.62. The Balaban J connectivity index is 1.97. The number of piperidine rings is 1. The lowest BCUT2D eigenvalue weighted by Gasteiger charge is -2.30. The Morgan fingerprint density at radius 1 is 1.27 bits per heavy atom. The molecule has 0 bridgehead atoms. The zero-order valence-corrected chi connectivity index (χ0v) is 14.1. The van der Waals surface area contributed by atoms with Crippen LogP contribution in [0.15, 0.2) is 18.3 Å². The van der Waals surface area contributed by atoms with Crippen molar-refractivity contribution in [1.82, 2.24) is 14.3 Å². The Hall–Kier alpha value is -2.58.